The first-order chi connectivity index (χ1) is 9.49. The number of hydrogen-bond acceptors (Lipinski definition) is 2. The molecule has 1 N–H and O–H groups in total. The van der Waals surface area contributed by atoms with Crippen molar-refractivity contribution < 1.29 is 0 Å². The Morgan fingerprint density at radius 2 is 2.00 bits per heavy atom. The Balaban J connectivity index is 2.10. The van der Waals surface area contributed by atoms with Crippen LogP contribution in [0.4, 0.5) is 0 Å². The highest BCUT2D eigenvalue weighted by Gasteiger charge is 2.40. The smallest absolute Gasteiger partial charge is 0.0278 e. The van der Waals surface area contributed by atoms with Gasteiger partial charge in [0.25, 0.3) is 0 Å². The molecule has 1 aliphatic heterocycles. The van der Waals surface area contributed by atoms with Gasteiger partial charge in [0, 0.05) is 30.7 Å². The van der Waals surface area contributed by atoms with E-state index in [2.05, 4.69) is 44.8 Å². The van der Waals surface area contributed by atoms with E-state index in [1.54, 1.807) is 0 Å². The van der Waals surface area contributed by atoms with Crippen LogP contribution in [0, 0.1) is 11.8 Å². The zero-order chi connectivity index (χ0) is 14.8. The standard InChI is InChI=1S/C18H36N2/c1-6-15-9-8-10-16(11-15)20-13-18(5,7-2)19-12-17(20)14(3)4/h14-17,19H,6-13H2,1-5H3. The summed E-state index contributed by atoms with van der Waals surface area (Å²) in [4.78, 5) is 2.90. The second-order valence-electron chi connectivity index (χ2n) is 7.87. The number of nitrogens with zero attached hydrogens (tertiary/aromatic N) is 1. The molecule has 2 fully saturated rings. The maximum absolute atomic E-state index is 3.83. The van der Waals surface area contributed by atoms with E-state index in [1.807, 2.05) is 0 Å². The van der Waals surface area contributed by atoms with Crippen molar-refractivity contribution in [1.29, 1.82) is 0 Å². The summed E-state index contributed by atoms with van der Waals surface area (Å²) in [5.41, 5.74) is 0.324. The molecule has 4 atom stereocenters. The van der Waals surface area contributed by atoms with Crippen molar-refractivity contribution in [1.82, 2.24) is 10.2 Å². The Morgan fingerprint density at radius 1 is 1.25 bits per heavy atom. The zero-order valence-corrected chi connectivity index (χ0v) is 14.4. The third-order valence-corrected chi connectivity index (χ3v) is 6.05. The zero-order valence-electron chi connectivity index (χ0n) is 14.4. The van der Waals surface area contributed by atoms with E-state index in [1.165, 1.54) is 51.6 Å². The molecule has 2 nitrogen and oxygen atoms in total. The Hall–Kier alpha value is -0.0800. The van der Waals surface area contributed by atoms with Crippen molar-refractivity contribution in [2.45, 2.75) is 90.8 Å². The van der Waals surface area contributed by atoms with Crippen molar-refractivity contribution in [3.05, 3.63) is 0 Å². The molecule has 2 rings (SSSR count). The van der Waals surface area contributed by atoms with Gasteiger partial charge in [0.1, 0.15) is 0 Å². The molecular formula is C18H36N2. The number of nitrogens with one attached hydrogen (secondary N) is 1. The van der Waals surface area contributed by atoms with Gasteiger partial charge >= 0.3 is 0 Å². The molecule has 1 heterocycles. The predicted octanol–water partition coefficient (Wildman–Crippen LogP) is 4.05. The van der Waals surface area contributed by atoms with Crippen molar-refractivity contribution >= 4 is 0 Å². The van der Waals surface area contributed by atoms with Crippen LogP contribution in [-0.2, 0) is 0 Å². The molecule has 0 aromatic heterocycles. The summed E-state index contributed by atoms with van der Waals surface area (Å²) in [7, 11) is 0. The fraction of sp³-hybridized carbons (Fsp3) is 1.00. The molecule has 0 radical (unpaired) electrons. The van der Waals surface area contributed by atoms with Gasteiger partial charge in [0.05, 0.1) is 0 Å². The first-order valence-corrected chi connectivity index (χ1v) is 9.00. The summed E-state index contributed by atoms with van der Waals surface area (Å²) in [5, 5.41) is 3.83. The third-order valence-electron chi connectivity index (χ3n) is 6.05. The predicted molar refractivity (Wildman–Crippen MR) is 88.1 cm³/mol. The Morgan fingerprint density at radius 3 is 2.60 bits per heavy atom. The topological polar surface area (TPSA) is 15.3 Å². The molecule has 1 saturated carbocycles. The van der Waals surface area contributed by atoms with Crippen LogP contribution >= 0.6 is 0 Å². The minimum Gasteiger partial charge on any atom is -0.309 e. The van der Waals surface area contributed by atoms with Gasteiger partial charge in [-0.1, -0.05) is 47.0 Å². The first-order valence-electron chi connectivity index (χ1n) is 9.00. The Bertz CT molecular complexity index is 302. The largest absolute Gasteiger partial charge is 0.309 e. The monoisotopic (exact) mass is 280 g/mol. The lowest BCUT2D eigenvalue weighted by Crippen LogP contribution is -2.66. The van der Waals surface area contributed by atoms with Crippen LogP contribution in [0.3, 0.4) is 0 Å². The van der Waals surface area contributed by atoms with E-state index in [-0.39, 0.29) is 0 Å². The quantitative estimate of drug-likeness (QED) is 0.835. The van der Waals surface area contributed by atoms with E-state index in [9.17, 15) is 0 Å². The van der Waals surface area contributed by atoms with E-state index in [0.717, 1.165) is 23.9 Å². The molecule has 0 aromatic rings. The summed E-state index contributed by atoms with van der Waals surface area (Å²) >= 11 is 0. The van der Waals surface area contributed by atoms with Gasteiger partial charge in [-0.25, -0.2) is 0 Å². The number of piperazine rings is 1. The molecule has 2 heteroatoms. The molecule has 4 unspecified atom stereocenters. The lowest BCUT2D eigenvalue weighted by molar-refractivity contribution is 0.00319. The van der Waals surface area contributed by atoms with Crippen molar-refractivity contribution in [2.24, 2.45) is 11.8 Å². The van der Waals surface area contributed by atoms with Crippen LogP contribution in [0.15, 0.2) is 0 Å². The van der Waals surface area contributed by atoms with Gasteiger partial charge < -0.3 is 5.32 Å². The van der Waals surface area contributed by atoms with Crippen molar-refractivity contribution in [3.8, 4) is 0 Å². The molecule has 0 bridgehead atoms. The highest BCUT2D eigenvalue weighted by molar-refractivity contribution is 4.98. The molecule has 0 aromatic carbocycles. The molecule has 0 spiro atoms. The van der Waals surface area contributed by atoms with Gasteiger partial charge in [0.2, 0.25) is 0 Å². The molecule has 1 saturated heterocycles. The highest BCUT2D eigenvalue weighted by atomic mass is 15.3. The lowest BCUT2D eigenvalue weighted by atomic mass is 9.80. The number of rotatable bonds is 4. The summed E-state index contributed by atoms with van der Waals surface area (Å²) in [6.45, 7) is 14.3. The van der Waals surface area contributed by atoms with E-state index in [0.29, 0.717) is 5.54 Å². The van der Waals surface area contributed by atoms with E-state index in [4.69, 9.17) is 0 Å². The highest BCUT2D eigenvalue weighted by Crippen LogP contribution is 2.34. The molecule has 118 valence electrons. The van der Waals surface area contributed by atoms with Crippen molar-refractivity contribution in [2.75, 3.05) is 13.1 Å². The van der Waals surface area contributed by atoms with Crippen LogP contribution in [0.2, 0.25) is 0 Å². The van der Waals surface area contributed by atoms with Crippen LogP contribution in [0.25, 0.3) is 0 Å². The molecule has 1 aliphatic carbocycles. The second kappa shape index (κ2) is 6.79. The Kier molecular flexibility index (Phi) is 5.53. The van der Waals surface area contributed by atoms with Gasteiger partial charge in [-0.3, -0.25) is 4.90 Å². The molecule has 2 aliphatic rings. The van der Waals surface area contributed by atoms with Crippen LogP contribution in [-0.4, -0.2) is 35.6 Å². The van der Waals surface area contributed by atoms with Gasteiger partial charge in [-0.15, -0.1) is 0 Å². The maximum Gasteiger partial charge on any atom is 0.0278 e. The van der Waals surface area contributed by atoms with Gasteiger partial charge in [0.15, 0.2) is 0 Å². The van der Waals surface area contributed by atoms with Gasteiger partial charge in [-0.2, -0.15) is 0 Å². The first kappa shape index (κ1) is 16.3. The van der Waals surface area contributed by atoms with E-state index >= 15 is 0 Å². The minimum absolute atomic E-state index is 0.324. The second-order valence-corrected chi connectivity index (χ2v) is 7.87. The lowest BCUT2D eigenvalue weighted by Gasteiger charge is -2.52. The fourth-order valence-electron chi connectivity index (χ4n) is 4.23. The third kappa shape index (κ3) is 3.57. The maximum atomic E-state index is 3.83. The normalized spacial score (nSPS) is 40.2. The average Bonchev–Trinajstić information content (AvgIpc) is 2.47. The molecule has 20 heavy (non-hydrogen) atoms. The average molecular weight is 281 g/mol. The minimum atomic E-state index is 0.324. The fourth-order valence-corrected chi connectivity index (χ4v) is 4.23. The van der Waals surface area contributed by atoms with Gasteiger partial charge in [-0.05, 0) is 38.0 Å². The van der Waals surface area contributed by atoms with Crippen LogP contribution in [0.1, 0.15) is 73.1 Å². The van der Waals surface area contributed by atoms with Crippen LogP contribution in [0.5, 0.6) is 0 Å². The van der Waals surface area contributed by atoms with Crippen LogP contribution < -0.4 is 5.32 Å². The SMILES string of the molecule is CCC1CCCC(N2CC(C)(CC)NCC2C(C)C)C1. The summed E-state index contributed by atoms with van der Waals surface area (Å²) in [5.74, 6) is 1.73. The summed E-state index contributed by atoms with van der Waals surface area (Å²) in [6, 6.07) is 1.57. The summed E-state index contributed by atoms with van der Waals surface area (Å²) < 4.78 is 0. The summed E-state index contributed by atoms with van der Waals surface area (Å²) in [6.07, 6.45) is 8.40. The van der Waals surface area contributed by atoms with Crippen molar-refractivity contribution in [3.63, 3.8) is 0 Å². The van der Waals surface area contributed by atoms with E-state index < -0.39 is 0 Å². The molecular weight excluding hydrogens is 244 g/mol. The Labute approximate surface area is 126 Å². The molecule has 0 amide bonds. The number of hydrogen-bond donors (Lipinski definition) is 1.